The molecule has 108 valence electrons. The molecule has 0 unspecified atom stereocenters. The molecule has 1 N–H and O–H groups in total. The molecule has 0 spiro atoms. The lowest BCUT2D eigenvalue weighted by molar-refractivity contribution is 0.103. The molecule has 3 heteroatoms. The van der Waals surface area contributed by atoms with Crippen molar-refractivity contribution < 1.29 is 9.18 Å². The first kappa shape index (κ1) is 14.0. The topological polar surface area (TPSA) is 29.1 Å². The fraction of sp³-hybridized carbons (Fsp3) is 0.278. The lowest BCUT2D eigenvalue weighted by Gasteiger charge is -2.20. The number of ketones is 1. The summed E-state index contributed by atoms with van der Waals surface area (Å²) in [5, 5.41) is 3.29. The van der Waals surface area contributed by atoms with E-state index in [1.807, 2.05) is 31.2 Å². The van der Waals surface area contributed by atoms with E-state index in [1.165, 1.54) is 6.07 Å². The van der Waals surface area contributed by atoms with Crippen LogP contribution in [-0.2, 0) is 13.0 Å². The first-order valence-electron chi connectivity index (χ1n) is 7.21. The second-order valence-corrected chi connectivity index (χ2v) is 5.64. The Balaban J connectivity index is 2.12. The minimum Gasteiger partial charge on any atom is -0.312 e. The zero-order valence-electron chi connectivity index (χ0n) is 12.3. The van der Waals surface area contributed by atoms with Gasteiger partial charge in [-0.3, -0.25) is 4.79 Å². The van der Waals surface area contributed by atoms with Crippen LogP contribution in [0.15, 0.2) is 30.3 Å². The SMILES string of the molecule is Cc1cc(C)c(C(=O)c2cccc3c2CCNC3)c(F)c1. The fourth-order valence-corrected chi connectivity index (χ4v) is 3.08. The Labute approximate surface area is 124 Å². The highest BCUT2D eigenvalue weighted by Crippen LogP contribution is 2.25. The first-order chi connectivity index (χ1) is 10.1. The minimum absolute atomic E-state index is 0.201. The van der Waals surface area contributed by atoms with E-state index in [1.54, 1.807) is 6.92 Å². The number of carbonyl (C=O) groups excluding carboxylic acids is 1. The number of aryl methyl sites for hydroxylation is 2. The number of fused-ring (bicyclic) bond motifs is 1. The van der Waals surface area contributed by atoms with Crippen molar-refractivity contribution in [3.05, 3.63) is 69.5 Å². The Morgan fingerprint density at radius 2 is 2.05 bits per heavy atom. The predicted molar refractivity (Wildman–Crippen MR) is 81.2 cm³/mol. The molecule has 0 fully saturated rings. The number of halogens is 1. The summed E-state index contributed by atoms with van der Waals surface area (Å²) in [5.74, 6) is -0.632. The zero-order valence-corrected chi connectivity index (χ0v) is 12.3. The van der Waals surface area contributed by atoms with Gasteiger partial charge >= 0.3 is 0 Å². The van der Waals surface area contributed by atoms with Crippen molar-refractivity contribution in [3.63, 3.8) is 0 Å². The molecule has 21 heavy (non-hydrogen) atoms. The van der Waals surface area contributed by atoms with Crippen LogP contribution in [0.1, 0.15) is 38.2 Å². The smallest absolute Gasteiger partial charge is 0.196 e. The molecule has 1 aliphatic heterocycles. The number of nitrogens with one attached hydrogen (secondary N) is 1. The number of carbonyl (C=O) groups is 1. The van der Waals surface area contributed by atoms with Crippen LogP contribution in [0.2, 0.25) is 0 Å². The largest absolute Gasteiger partial charge is 0.312 e. The molecule has 0 atom stereocenters. The van der Waals surface area contributed by atoms with E-state index >= 15 is 0 Å². The Morgan fingerprint density at radius 3 is 2.81 bits per heavy atom. The lowest BCUT2D eigenvalue weighted by Crippen LogP contribution is -2.25. The molecule has 0 saturated carbocycles. The molecule has 2 aromatic rings. The van der Waals surface area contributed by atoms with Crippen molar-refractivity contribution >= 4 is 5.78 Å². The van der Waals surface area contributed by atoms with Crippen LogP contribution in [-0.4, -0.2) is 12.3 Å². The third-order valence-electron chi connectivity index (χ3n) is 4.04. The summed E-state index contributed by atoms with van der Waals surface area (Å²) in [4.78, 5) is 12.8. The van der Waals surface area contributed by atoms with Gasteiger partial charge in [0.2, 0.25) is 0 Å². The summed E-state index contributed by atoms with van der Waals surface area (Å²) in [6.45, 7) is 5.25. The van der Waals surface area contributed by atoms with Crippen LogP contribution >= 0.6 is 0 Å². The minimum atomic E-state index is -0.427. The molecule has 0 radical (unpaired) electrons. The first-order valence-corrected chi connectivity index (χ1v) is 7.21. The number of hydrogen-bond donors (Lipinski definition) is 1. The summed E-state index contributed by atoms with van der Waals surface area (Å²) in [7, 11) is 0. The number of rotatable bonds is 2. The Bertz CT molecular complexity index is 698. The molecule has 2 nitrogen and oxygen atoms in total. The van der Waals surface area contributed by atoms with E-state index in [9.17, 15) is 9.18 Å². The molecule has 1 heterocycles. The quantitative estimate of drug-likeness (QED) is 0.857. The third-order valence-corrected chi connectivity index (χ3v) is 4.04. The summed E-state index contributed by atoms with van der Waals surface area (Å²) >= 11 is 0. The van der Waals surface area contributed by atoms with E-state index < -0.39 is 5.82 Å². The molecule has 0 saturated heterocycles. The van der Waals surface area contributed by atoms with Crippen molar-refractivity contribution in [1.82, 2.24) is 5.32 Å². The standard InChI is InChI=1S/C18H18FNO/c1-11-8-12(2)17(16(19)9-11)18(21)15-5-3-4-13-10-20-7-6-14(13)15/h3-5,8-9,20H,6-7,10H2,1-2H3. The van der Waals surface area contributed by atoms with Crippen LogP contribution in [0, 0.1) is 19.7 Å². The van der Waals surface area contributed by atoms with Gasteiger partial charge in [-0.2, -0.15) is 0 Å². The maximum atomic E-state index is 14.2. The molecular weight excluding hydrogens is 265 g/mol. The van der Waals surface area contributed by atoms with Crippen LogP contribution in [0.5, 0.6) is 0 Å². The second kappa shape index (κ2) is 5.41. The zero-order chi connectivity index (χ0) is 15.0. The highest BCUT2D eigenvalue weighted by atomic mass is 19.1. The van der Waals surface area contributed by atoms with Crippen LogP contribution in [0.3, 0.4) is 0 Å². The molecule has 0 aromatic heterocycles. The Kier molecular flexibility index (Phi) is 3.60. The Morgan fingerprint density at radius 1 is 1.24 bits per heavy atom. The third kappa shape index (κ3) is 2.49. The highest BCUT2D eigenvalue weighted by molar-refractivity contribution is 6.11. The molecule has 2 aromatic carbocycles. The van der Waals surface area contributed by atoms with Gasteiger partial charge in [0.15, 0.2) is 5.78 Å². The van der Waals surface area contributed by atoms with Gasteiger partial charge in [-0.25, -0.2) is 4.39 Å². The maximum absolute atomic E-state index is 14.2. The highest BCUT2D eigenvalue weighted by Gasteiger charge is 2.22. The summed E-state index contributed by atoms with van der Waals surface area (Å²) in [5.41, 5.74) is 4.56. The monoisotopic (exact) mass is 283 g/mol. The normalized spacial score (nSPS) is 13.9. The van der Waals surface area contributed by atoms with Gasteiger partial charge in [0.1, 0.15) is 5.82 Å². The number of benzene rings is 2. The van der Waals surface area contributed by atoms with Crippen molar-refractivity contribution in [3.8, 4) is 0 Å². The van der Waals surface area contributed by atoms with Gasteiger partial charge in [-0.1, -0.05) is 24.3 Å². The maximum Gasteiger partial charge on any atom is 0.196 e. The molecule has 0 aliphatic carbocycles. The number of hydrogen-bond acceptors (Lipinski definition) is 2. The lowest BCUT2D eigenvalue weighted by atomic mass is 9.89. The van der Waals surface area contributed by atoms with E-state index in [4.69, 9.17) is 0 Å². The molecule has 0 amide bonds. The van der Waals surface area contributed by atoms with Gasteiger partial charge in [-0.15, -0.1) is 0 Å². The summed E-state index contributed by atoms with van der Waals surface area (Å²) in [6.07, 6.45) is 0.809. The van der Waals surface area contributed by atoms with Crippen molar-refractivity contribution in [1.29, 1.82) is 0 Å². The molecule has 1 aliphatic rings. The molecule has 0 bridgehead atoms. The van der Waals surface area contributed by atoms with Gasteiger partial charge in [-0.05, 0) is 55.1 Å². The summed E-state index contributed by atoms with van der Waals surface area (Å²) < 4.78 is 14.2. The Hall–Kier alpha value is -2.00. The van der Waals surface area contributed by atoms with E-state index in [2.05, 4.69) is 5.32 Å². The van der Waals surface area contributed by atoms with Crippen molar-refractivity contribution in [2.45, 2.75) is 26.8 Å². The van der Waals surface area contributed by atoms with Gasteiger partial charge in [0, 0.05) is 12.1 Å². The van der Waals surface area contributed by atoms with Crippen LogP contribution in [0.25, 0.3) is 0 Å². The van der Waals surface area contributed by atoms with Gasteiger partial charge in [0.05, 0.1) is 5.56 Å². The van der Waals surface area contributed by atoms with Crippen LogP contribution < -0.4 is 5.32 Å². The van der Waals surface area contributed by atoms with Crippen LogP contribution in [0.4, 0.5) is 4.39 Å². The predicted octanol–water partition coefficient (Wildman–Crippen LogP) is 3.32. The van der Waals surface area contributed by atoms with E-state index in [0.717, 1.165) is 36.2 Å². The summed E-state index contributed by atoms with van der Waals surface area (Å²) in [6, 6.07) is 8.99. The average Bonchev–Trinajstić information content (AvgIpc) is 2.45. The fourth-order valence-electron chi connectivity index (χ4n) is 3.08. The molecule has 3 rings (SSSR count). The van der Waals surface area contributed by atoms with Crippen molar-refractivity contribution in [2.75, 3.05) is 6.54 Å². The van der Waals surface area contributed by atoms with Gasteiger partial charge < -0.3 is 5.32 Å². The molecular formula is C18H18FNO. The van der Waals surface area contributed by atoms with E-state index in [0.29, 0.717) is 11.1 Å². The average molecular weight is 283 g/mol. The van der Waals surface area contributed by atoms with Gasteiger partial charge in [0.25, 0.3) is 0 Å². The second-order valence-electron chi connectivity index (χ2n) is 5.64. The van der Waals surface area contributed by atoms with Crippen molar-refractivity contribution in [2.24, 2.45) is 0 Å². The van der Waals surface area contributed by atoms with E-state index in [-0.39, 0.29) is 11.3 Å².